The van der Waals surface area contributed by atoms with Crippen molar-refractivity contribution in [3.8, 4) is 0 Å². The fraction of sp³-hybridized carbons (Fsp3) is 0.471. The van der Waals surface area contributed by atoms with Crippen molar-refractivity contribution in [3.05, 3.63) is 34.6 Å². The first-order valence-electron chi connectivity index (χ1n) is 8.03. The normalized spacial score (nSPS) is 11.2. The fourth-order valence-electron chi connectivity index (χ4n) is 2.18. The second-order valence-electron chi connectivity index (χ2n) is 5.93. The number of aliphatic hydroxyl groups excluding tert-OH is 1. The van der Waals surface area contributed by atoms with Crippen LogP contribution in [0.25, 0.3) is 10.9 Å². The Balaban J connectivity index is 2.23. The van der Waals surface area contributed by atoms with Crippen LogP contribution in [-0.2, 0) is 11.3 Å². The van der Waals surface area contributed by atoms with E-state index in [1.54, 1.807) is 22.8 Å². The minimum Gasteiger partial charge on any atom is -0.396 e. The molecule has 0 unspecified atom stereocenters. The van der Waals surface area contributed by atoms with Gasteiger partial charge in [0, 0.05) is 19.7 Å². The molecule has 24 heavy (non-hydrogen) atoms. The van der Waals surface area contributed by atoms with E-state index in [2.05, 4.69) is 10.3 Å². The van der Waals surface area contributed by atoms with Crippen LogP contribution in [0.15, 0.2) is 34.2 Å². The number of hydrogen-bond donors (Lipinski definition) is 2. The molecule has 2 aromatic rings. The van der Waals surface area contributed by atoms with Crippen molar-refractivity contribution in [1.82, 2.24) is 14.9 Å². The molecule has 2 N–H and O–H groups in total. The quantitative estimate of drug-likeness (QED) is 0.559. The lowest BCUT2D eigenvalue weighted by molar-refractivity contribution is -0.118. The standard InChI is InChI=1S/C17H23N3O3S/c1-12(2)10-18-15(22)11-24-17-19-14-7-4-3-6-13(14)16(23)20(17)8-5-9-21/h3-4,6-7,12,21H,5,8-11H2,1-2H3,(H,18,22). The zero-order chi connectivity index (χ0) is 17.5. The molecule has 0 aliphatic rings. The minimum absolute atomic E-state index is 0.00174. The number of carbonyl (C=O) groups is 1. The number of hydrogen-bond acceptors (Lipinski definition) is 5. The van der Waals surface area contributed by atoms with Crippen LogP contribution in [0.4, 0.5) is 0 Å². The Labute approximate surface area is 145 Å². The van der Waals surface area contributed by atoms with Gasteiger partial charge in [-0.2, -0.15) is 0 Å². The van der Waals surface area contributed by atoms with E-state index in [1.165, 1.54) is 11.8 Å². The van der Waals surface area contributed by atoms with Crippen LogP contribution in [0.1, 0.15) is 20.3 Å². The molecule has 130 valence electrons. The second-order valence-corrected chi connectivity index (χ2v) is 6.87. The van der Waals surface area contributed by atoms with Crippen molar-refractivity contribution < 1.29 is 9.90 Å². The molecule has 1 aromatic carbocycles. The SMILES string of the molecule is CC(C)CNC(=O)CSc1nc2ccccc2c(=O)n1CCCO. The molecule has 0 saturated carbocycles. The summed E-state index contributed by atoms with van der Waals surface area (Å²) in [7, 11) is 0. The monoisotopic (exact) mass is 349 g/mol. The highest BCUT2D eigenvalue weighted by atomic mass is 32.2. The Morgan fingerprint density at radius 2 is 2.12 bits per heavy atom. The van der Waals surface area contributed by atoms with Gasteiger partial charge >= 0.3 is 0 Å². The van der Waals surface area contributed by atoms with Crippen molar-refractivity contribution in [2.45, 2.75) is 32.0 Å². The summed E-state index contributed by atoms with van der Waals surface area (Å²) in [5.74, 6) is 0.515. The van der Waals surface area contributed by atoms with Crippen LogP contribution in [-0.4, -0.2) is 39.5 Å². The van der Waals surface area contributed by atoms with Gasteiger partial charge in [-0.05, 0) is 24.5 Å². The van der Waals surface area contributed by atoms with E-state index in [0.717, 1.165) is 0 Å². The summed E-state index contributed by atoms with van der Waals surface area (Å²) in [6.45, 7) is 5.07. The molecular formula is C17H23N3O3S. The molecule has 0 saturated heterocycles. The third kappa shape index (κ3) is 4.82. The molecule has 1 aromatic heterocycles. The number of thioether (sulfide) groups is 1. The van der Waals surface area contributed by atoms with Crippen LogP contribution in [0.5, 0.6) is 0 Å². The number of benzene rings is 1. The fourth-order valence-corrected chi connectivity index (χ4v) is 3.04. The van der Waals surface area contributed by atoms with Crippen LogP contribution < -0.4 is 10.9 Å². The van der Waals surface area contributed by atoms with Gasteiger partial charge in [0.1, 0.15) is 0 Å². The third-order valence-electron chi connectivity index (χ3n) is 3.41. The van der Waals surface area contributed by atoms with E-state index < -0.39 is 0 Å². The smallest absolute Gasteiger partial charge is 0.262 e. The van der Waals surface area contributed by atoms with Crippen molar-refractivity contribution in [2.75, 3.05) is 18.9 Å². The molecule has 0 atom stereocenters. The number of fused-ring (bicyclic) bond motifs is 1. The predicted octanol–water partition coefficient (Wildman–Crippen LogP) is 1.64. The van der Waals surface area contributed by atoms with E-state index >= 15 is 0 Å². The Kier molecular flexibility index (Phi) is 6.81. The summed E-state index contributed by atoms with van der Waals surface area (Å²) >= 11 is 1.24. The Hall–Kier alpha value is -1.86. The highest BCUT2D eigenvalue weighted by Gasteiger charge is 2.13. The predicted molar refractivity (Wildman–Crippen MR) is 96.3 cm³/mol. The van der Waals surface area contributed by atoms with Crippen LogP contribution in [0.2, 0.25) is 0 Å². The lowest BCUT2D eigenvalue weighted by Crippen LogP contribution is -2.29. The maximum Gasteiger partial charge on any atom is 0.262 e. The van der Waals surface area contributed by atoms with Gasteiger partial charge in [0.05, 0.1) is 16.7 Å². The molecule has 0 aliphatic carbocycles. The zero-order valence-electron chi connectivity index (χ0n) is 14.0. The summed E-state index contributed by atoms with van der Waals surface area (Å²) in [5, 5.41) is 13.0. The summed E-state index contributed by atoms with van der Waals surface area (Å²) in [6, 6.07) is 7.16. The molecule has 0 radical (unpaired) electrons. The van der Waals surface area contributed by atoms with Crippen LogP contribution in [0.3, 0.4) is 0 Å². The molecule has 2 rings (SSSR count). The topological polar surface area (TPSA) is 84.2 Å². The van der Waals surface area contributed by atoms with E-state index in [0.29, 0.717) is 41.5 Å². The van der Waals surface area contributed by atoms with Gasteiger partial charge in [-0.3, -0.25) is 14.2 Å². The van der Waals surface area contributed by atoms with Crippen LogP contribution in [0, 0.1) is 5.92 Å². The van der Waals surface area contributed by atoms with E-state index in [-0.39, 0.29) is 23.8 Å². The number of amides is 1. The van der Waals surface area contributed by atoms with Crippen molar-refractivity contribution in [2.24, 2.45) is 5.92 Å². The van der Waals surface area contributed by atoms with Crippen molar-refractivity contribution in [1.29, 1.82) is 0 Å². The number of carbonyl (C=O) groups excluding carboxylic acids is 1. The molecule has 0 fully saturated rings. The lowest BCUT2D eigenvalue weighted by atomic mass is 10.2. The second kappa shape index (κ2) is 8.84. The Morgan fingerprint density at radius 3 is 2.83 bits per heavy atom. The maximum absolute atomic E-state index is 12.6. The number of para-hydroxylation sites is 1. The van der Waals surface area contributed by atoms with Crippen molar-refractivity contribution in [3.63, 3.8) is 0 Å². The lowest BCUT2D eigenvalue weighted by Gasteiger charge is -2.13. The summed E-state index contributed by atoms with van der Waals surface area (Å²) in [5.41, 5.74) is 0.479. The average molecular weight is 349 g/mol. The van der Waals surface area contributed by atoms with Gasteiger partial charge in [0.25, 0.3) is 5.56 Å². The van der Waals surface area contributed by atoms with Crippen LogP contribution >= 0.6 is 11.8 Å². The van der Waals surface area contributed by atoms with E-state index in [1.807, 2.05) is 19.9 Å². The molecule has 0 spiro atoms. The molecule has 0 aliphatic heterocycles. The zero-order valence-corrected chi connectivity index (χ0v) is 14.8. The average Bonchev–Trinajstić information content (AvgIpc) is 2.57. The maximum atomic E-state index is 12.6. The minimum atomic E-state index is -0.140. The van der Waals surface area contributed by atoms with Gasteiger partial charge in [-0.15, -0.1) is 0 Å². The molecule has 6 nitrogen and oxygen atoms in total. The van der Waals surface area contributed by atoms with Gasteiger partial charge in [-0.1, -0.05) is 37.7 Å². The molecule has 7 heteroatoms. The largest absolute Gasteiger partial charge is 0.396 e. The van der Waals surface area contributed by atoms with E-state index in [4.69, 9.17) is 5.11 Å². The first-order chi connectivity index (χ1) is 11.5. The Morgan fingerprint density at radius 1 is 1.38 bits per heavy atom. The van der Waals surface area contributed by atoms with Gasteiger partial charge in [-0.25, -0.2) is 4.98 Å². The molecule has 1 heterocycles. The highest BCUT2D eigenvalue weighted by molar-refractivity contribution is 7.99. The highest BCUT2D eigenvalue weighted by Crippen LogP contribution is 2.18. The number of aromatic nitrogens is 2. The van der Waals surface area contributed by atoms with Gasteiger partial charge < -0.3 is 10.4 Å². The van der Waals surface area contributed by atoms with Gasteiger partial charge in [0.15, 0.2) is 5.16 Å². The summed E-state index contributed by atoms with van der Waals surface area (Å²) in [6.07, 6.45) is 0.465. The van der Waals surface area contributed by atoms with Crippen molar-refractivity contribution >= 4 is 28.6 Å². The first-order valence-corrected chi connectivity index (χ1v) is 9.01. The molecular weight excluding hydrogens is 326 g/mol. The first kappa shape index (κ1) is 18.5. The van der Waals surface area contributed by atoms with E-state index in [9.17, 15) is 9.59 Å². The number of nitrogens with zero attached hydrogens (tertiary/aromatic N) is 2. The third-order valence-corrected chi connectivity index (χ3v) is 4.38. The van der Waals surface area contributed by atoms with Gasteiger partial charge in [0.2, 0.25) is 5.91 Å². The Bertz CT molecular complexity index is 758. The summed E-state index contributed by atoms with van der Waals surface area (Å²) < 4.78 is 1.54. The molecule has 1 amide bonds. The molecule has 0 bridgehead atoms. The summed E-state index contributed by atoms with van der Waals surface area (Å²) in [4.78, 5) is 29.1. The number of aliphatic hydroxyl groups is 1. The number of nitrogens with one attached hydrogen (secondary N) is 1. The number of rotatable bonds is 8.